The van der Waals surface area contributed by atoms with E-state index in [1.165, 1.54) is 44.6 Å². The van der Waals surface area contributed by atoms with Crippen LogP contribution >= 0.6 is 0 Å². The Morgan fingerprint density at radius 3 is 2.18 bits per heavy atom. The number of anilines is 1. The van der Waals surface area contributed by atoms with Gasteiger partial charge in [0.15, 0.2) is 0 Å². The van der Waals surface area contributed by atoms with E-state index in [1.807, 2.05) is 30.3 Å². The Labute approximate surface area is 192 Å². The molecule has 3 aromatic carbocycles. The lowest BCUT2D eigenvalue weighted by Crippen LogP contribution is -2.27. The smallest absolute Gasteiger partial charge is 0.337 e. The van der Waals surface area contributed by atoms with Gasteiger partial charge in [-0.3, -0.25) is 4.79 Å². The average Bonchev–Trinajstić information content (AvgIpc) is 2.84. The van der Waals surface area contributed by atoms with Crippen LogP contribution in [0.15, 0.2) is 77.7 Å². The Kier molecular flexibility index (Phi) is 7.81. The van der Waals surface area contributed by atoms with Crippen molar-refractivity contribution in [3.05, 3.63) is 89.5 Å². The molecule has 0 aliphatic heterocycles. The molecule has 0 fully saturated rings. The Morgan fingerprint density at radius 2 is 1.55 bits per heavy atom. The molecule has 0 atom stereocenters. The molecule has 0 aliphatic carbocycles. The summed E-state index contributed by atoms with van der Waals surface area (Å²) >= 11 is 0. The molecule has 0 saturated carbocycles. The molecule has 8 nitrogen and oxygen atoms in total. The molecule has 0 aliphatic rings. The van der Waals surface area contributed by atoms with E-state index in [1.54, 1.807) is 12.1 Å². The van der Waals surface area contributed by atoms with Gasteiger partial charge < -0.3 is 14.8 Å². The predicted molar refractivity (Wildman–Crippen MR) is 124 cm³/mol. The van der Waals surface area contributed by atoms with Gasteiger partial charge in [-0.15, -0.1) is 0 Å². The number of amides is 1. The fourth-order valence-corrected chi connectivity index (χ4v) is 4.32. The van der Waals surface area contributed by atoms with Crippen molar-refractivity contribution in [1.82, 2.24) is 4.72 Å². The van der Waals surface area contributed by atoms with E-state index in [2.05, 4.69) is 14.8 Å². The summed E-state index contributed by atoms with van der Waals surface area (Å²) in [4.78, 5) is 24.1. The molecule has 0 aromatic heterocycles. The molecule has 33 heavy (non-hydrogen) atoms. The van der Waals surface area contributed by atoms with Crippen LogP contribution in [0.4, 0.5) is 5.69 Å². The molecular weight excluding hydrogens is 444 g/mol. The van der Waals surface area contributed by atoms with Gasteiger partial charge in [0, 0.05) is 17.8 Å². The summed E-state index contributed by atoms with van der Waals surface area (Å²) in [6, 6.07) is 19.8. The second-order valence-electron chi connectivity index (χ2n) is 7.02. The molecule has 1 amide bonds. The Morgan fingerprint density at radius 1 is 0.879 bits per heavy atom. The number of hydrogen-bond acceptors (Lipinski definition) is 6. The number of ether oxygens (including phenoxy) is 2. The SMILES string of the molecule is COC(=O)c1ccc(NC(=O)c2ccc(OC)c(S(=O)(=O)NCCc3ccccc3)c2)cc1. The standard InChI is InChI=1S/C24H24N2O6S/c1-31-21-13-10-19(23(27)26-20-11-8-18(9-12-20)24(28)32-2)16-22(21)33(29,30)25-15-14-17-6-4-3-5-7-17/h3-13,16,25H,14-15H2,1-2H3,(H,26,27). The number of carbonyl (C=O) groups is 2. The molecule has 9 heteroatoms. The van der Waals surface area contributed by atoms with E-state index in [0.29, 0.717) is 17.7 Å². The van der Waals surface area contributed by atoms with Crippen molar-refractivity contribution < 1.29 is 27.5 Å². The number of rotatable bonds is 9. The van der Waals surface area contributed by atoms with E-state index in [-0.39, 0.29) is 22.8 Å². The maximum atomic E-state index is 12.9. The molecule has 0 saturated heterocycles. The second kappa shape index (κ2) is 10.8. The van der Waals surface area contributed by atoms with Crippen molar-refractivity contribution in [1.29, 1.82) is 0 Å². The summed E-state index contributed by atoms with van der Waals surface area (Å²) in [5, 5.41) is 2.68. The summed E-state index contributed by atoms with van der Waals surface area (Å²) in [6.07, 6.45) is 0.518. The zero-order chi connectivity index (χ0) is 23.8. The summed E-state index contributed by atoms with van der Waals surface area (Å²) in [5.74, 6) is -0.872. The van der Waals surface area contributed by atoms with Crippen LogP contribution in [0.5, 0.6) is 5.75 Å². The highest BCUT2D eigenvalue weighted by Gasteiger charge is 2.21. The maximum Gasteiger partial charge on any atom is 0.337 e. The summed E-state index contributed by atoms with van der Waals surface area (Å²) < 4.78 is 38.2. The molecule has 0 spiro atoms. The number of benzene rings is 3. The number of carbonyl (C=O) groups excluding carboxylic acids is 2. The molecule has 3 aromatic rings. The zero-order valence-corrected chi connectivity index (χ0v) is 19.0. The van der Waals surface area contributed by atoms with Crippen molar-refractivity contribution in [3.63, 3.8) is 0 Å². The van der Waals surface area contributed by atoms with Gasteiger partial charge in [-0.1, -0.05) is 30.3 Å². The third-order valence-electron chi connectivity index (χ3n) is 4.83. The van der Waals surface area contributed by atoms with Crippen LogP contribution in [0.25, 0.3) is 0 Å². The van der Waals surface area contributed by atoms with E-state index >= 15 is 0 Å². The Bertz CT molecular complexity index is 1230. The third kappa shape index (κ3) is 6.18. The van der Waals surface area contributed by atoms with Crippen LogP contribution in [0.2, 0.25) is 0 Å². The first-order valence-corrected chi connectivity index (χ1v) is 11.5. The summed E-state index contributed by atoms with van der Waals surface area (Å²) in [5.41, 5.74) is 1.92. The number of hydrogen-bond donors (Lipinski definition) is 2. The first kappa shape index (κ1) is 24.0. The third-order valence-corrected chi connectivity index (χ3v) is 6.31. The minimum Gasteiger partial charge on any atom is -0.495 e. The molecule has 0 radical (unpaired) electrons. The normalized spacial score (nSPS) is 11.0. The van der Waals surface area contributed by atoms with Gasteiger partial charge >= 0.3 is 5.97 Å². The highest BCUT2D eigenvalue weighted by Crippen LogP contribution is 2.25. The minimum absolute atomic E-state index is 0.126. The number of nitrogens with one attached hydrogen (secondary N) is 2. The van der Waals surface area contributed by atoms with Crippen LogP contribution in [-0.2, 0) is 21.2 Å². The fraction of sp³-hybridized carbons (Fsp3) is 0.167. The first-order valence-electron chi connectivity index (χ1n) is 10.1. The van der Waals surface area contributed by atoms with Gasteiger partial charge in [-0.2, -0.15) is 0 Å². The molecule has 3 rings (SSSR count). The quantitative estimate of drug-likeness (QED) is 0.467. The Balaban J connectivity index is 1.75. The van der Waals surface area contributed by atoms with Gasteiger partial charge in [0.2, 0.25) is 10.0 Å². The Hall–Kier alpha value is -3.69. The van der Waals surface area contributed by atoms with Gasteiger partial charge in [-0.25, -0.2) is 17.9 Å². The van der Waals surface area contributed by atoms with Crippen LogP contribution in [0, 0.1) is 0 Å². The minimum atomic E-state index is -3.93. The van der Waals surface area contributed by atoms with E-state index in [9.17, 15) is 18.0 Å². The van der Waals surface area contributed by atoms with E-state index < -0.39 is 21.9 Å². The van der Waals surface area contributed by atoms with Crippen LogP contribution in [0.1, 0.15) is 26.3 Å². The molecule has 2 N–H and O–H groups in total. The molecular formula is C24H24N2O6S. The van der Waals surface area contributed by atoms with E-state index in [0.717, 1.165) is 5.56 Å². The van der Waals surface area contributed by atoms with Crippen molar-refractivity contribution in [2.75, 3.05) is 26.1 Å². The molecule has 0 bridgehead atoms. The summed E-state index contributed by atoms with van der Waals surface area (Å²) in [7, 11) is -1.28. The van der Waals surface area contributed by atoms with Crippen LogP contribution < -0.4 is 14.8 Å². The number of esters is 1. The summed E-state index contributed by atoms with van der Waals surface area (Å²) in [6.45, 7) is 0.193. The molecule has 0 heterocycles. The van der Waals surface area contributed by atoms with Gasteiger partial charge in [0.1, 0.15) is 10.6 Å². The largest absolute Gasteiger partial charge is 0.495 e. The highest BCUT2D eigenvalue weighted by atomic mass is 32.2. The lowest BCUT2D eigenvalue weighted by molar-refractivity contribution is 0.0600. The highest BCUT2D eigenvalue weighted by molar-refractivity contribution is 7.89. The topological polar surface area (TPSA) is 111 Å². The lowest BCUT2D eigenvalue weighted by atomic mass is 10.1. The lowest BCUT2D eigenvalue weighted by Gasteiger charge is -2.13. The van der Waals surface area contributed by atoms with Crippen LogP contribution in [0.3, 0.4) is 0 Å². The van der Waals surface area contributed by atoms with Crippen molar-refractivity contribution >= 4 is 27.6 Å². The average molecular weight is 469 g/mol. The van der Waals surface area contributed by atoms with Crippen LogP contribution in [-0.4, -0.2) is 41.1 Å². The maximum absolute atomic E-state index is 12.9. The fourth-order valence-electron chi connectivity index (χ4n) is 3.09. The first-order chi connectivity index (χ1) is 15.8. The van der Waals surface area contributed by atoms with Gasteiger partial charge in [0.05, 0.1) is 19.8 Å². The second-order valence-corrected chi connectivity index (χ2v) is 8.76. The zero-order valence-electron chi connectivity index (χ0n) is 18.2. The van der Waals surface area contributed by atoms with Gasteiger partial charge in [0.25, 0.3) is 5.91 Å². The van der Waals surface area contributed by atoms with E-state index in [4.69, 9.17) is 4.74 Å². The molecule has 172 valence electrons. The predicted octanol–water partition coefficient (Wildman–Crippen LogP) is 3.26. The monoisotopic (exact) mass is 468 g/mol. The number of methoxy groups -OCH3 is 2. The van der Waals surface area contributed by atoms with Crippen molar-refractivity contribution in [2.24, 2.45) is 0 Å². The van der Waals surface area contributed by atoms with Crippen molar-refractivity contribution in [2.45, 2.75) is 11.3 Å². The molecule has 0 unspecified atom stereocenters. The van der Waals surface area contributed by atoms with Crippen molar-refractivity contribution in [3.8, 4) is 5.75 Å². The number of sulfonamides is 1. The van der Waals surface area contributed by atoms with Gasteiger partial charge in [-0.05, 0) is 54.4 Å².